The van der Waals surface area contributed by atoms with Crippen LogP contribution in [0.15, 0.2) is 28.7 Å². The Morgan fingerprint density at radius 1 is 1.27 bits per heavy atom. The average Bonchev–Trinajstić information content (AvgIpc) is 2.85. The molecule has 2 N–H and O–H groups in total. The minimum atomic E-state index is 0.435. The lowest BCUT2D eigenvalue weighted by atomic mass is 10.1. The number of hydrogen-bond acceptors (Lipinski definition) is 7. The molecule has 3 aromatic rings. The minimum absolute atomic E-state index is 0.435. The van der Waals surface area contributed by atoms with E-state index in [1.54, 1.807) is 7.11 Å². The fraction of sp³-hybridized carbons (Fsp3) is 0.333. The molecule has 0 bridgehead atoms. The molecule has 2 aromatic heterocycles. The third-order valence-corrected chi connectivity index (χ3v) is 3.98. The number of hydrogen-bond donors (Lipinski definition) is 2. The van der Waals surface area contributed by atoms with Crippen molar-refractivity contribution >= 4 is 33.8 Å². The zero-order valence-corrected chi connectivity index (χ0v) is 12.5. The number of nitrogens with zero attached hydrogens (tertiary/aromatic N) is 3. The second kappa shape index (κ2) is 5.11. The molecule has 1 aliphatic heterocycles. The van der Waals surface area contributed by atoms with Crippen molar-refractivity contribution in [1.29, 1.82) is 0 Å². The monoisotopic (exact) mass is 299 g/mol. The number of aromatic nitrogens is 2. The van der Waals surface area contributed by atoms with Gasteiger partial charge < -0.3 is 14.6 Å². The quantitative estimate of drug-likeness (QED) is 0.711. The van der Waals surface area contributed by atoms with E-state index in [0.29, 0.717) is 12.0 Å². The highest BCUT2D eigenvalue weighted by atomic mass is 16.6. The normalized spacial score (nSPS) is 15.5. The van der Waals surface area contributed by atoms with Gasteiger partial charge in [-0.2, -0.15) is 4.98 Å². The summed E-state index contributed by atoms with van der Waals surface area (Å²) in [6.45, 7) is 1.79. The van der Waals surface area contributed by atoms with E-state index in [2.05, 4.69) is 25.7 Å². The summed E-state index contributed by atoms with van der Waals surface area (Å²) in [6, 6.07) is 8.35. The first kappa shape index (κ1) is 13.3. The number of likely N-dealkylation sites (N-methyl/N-ethyl adjacent to an activating group) is 1. The molecular formula is C15H17N5O2. The van der Waals surface area contributed by atoms with Crippen LogP contribution in [0.2, 0.25) is 0 Å². The number of furan rings is 1. The van der Waals surface area contributed by atoms with Crippen LogP contribution in [0.25, 0.3) is 22.1 Å². The summed E-state index contributed by atoms with van der Waals surface area (Å²) in [4.78, 5) is 16.2. The maximum absolute atomic E-state index is 5.99. The molecule has 7 heteroatoms. The predicted octanol–water partition coefficient (Wildman–Crippen LogP) is 1.76. The van der Waals surface area contributed by atoms with Gasteiger partial charge in [0.1, 0.15) is 11.1 Å². The van der Waals surface area contributed by atoms with Crippen molar-refractivity contribution < 1.29 is 9.25 Å². The highest BCUT2D eigenvalue weighted by Gasteiger charge is 2.30. The van der Waals surface area contributed by atoms with Crippen molar-refractivity contribution in [3.63, 3.8) is 0 Å². The van der Waals surface area contributed by atoms with Crippen LogP contribution in [0.1, 0.15) is 0 Å². The SMILES string of the molecule is CNC1CN(c2nc(NOC)nc3c2oc2ccccc23)C1. The van der Waals surface area contributed by atoms with Crippen molar-refractivity contribution in [3.8, 4) is 0 Å². The van der Waals surface area contributed by atoms with Gasteiger partial charge in [0.2, 0.25) is 5.95 Å². The third-order valence-electron chi connectivity index (χ3n) is 3.98. The molecule has 0 spiro atoms. The molecule has 7 nitrogen and oxygen atoms in total. The van der Waals surface area contributed by atoms with Gasteiger partial charge in [-0.1, -0.05) is 12.1 Å². The first-order valence-electron chi connectivity index (χ1n) is 7.20. The number of anilines is 2. The van der Waals surface area contributed by atoms with Crippen LogP contribution in [-0.2, 0) is 4.84 Å². The lowest BCUT2D eigenvalue weighted by molar-refractivity contribution is 0.267. The first-order valence-corrected chi connectivity index (χ1v) is 7.20. The van der Waals surface area contributed by atoms with Gasteiger partial charge in [0.25, 0.3) is 0 Å². The van der Waals surface area contributed by atoms with Crippen molar-refractivity contribution in [1.82, 2.24) is 15.3 Å². The van der Waals surface area contributed by atoms with Crippen LogP contribution in [0.4, 0.5) is 11.8 Å². The van der Waals surface area contributed by atoms with E-state index in [1.165, 1.54) is 0 Å². The molecule has 1 aliphatic rings. The van der Waals surface area contributed by atoms with Gasteiger partial charge in [0, 0.05) is 24.5 Å². The summed E-state index contributed by atoms with van der Waals surface area (Å²) in [5.41, 5.74) is 5.05. The molecule has 0 amide bonds. The third kappa shape index (κ3) is 1.98. The molecule has 3 heterocycles. The van der Waals surface area contributed by atoms with Crippen molar-refractivity contribution in [3.05, 3.63) is 24.3 Å². The smallest absolute Gasteiger partial charge is 0.249 e. The van der Waals surface area contributed by atoms with E-state index >= 15 is 0 Å². The Hall–Kier alpha value is -2.38. The molecule has 0 aliphatic carbocycles. The van der Waals surface area contributed by atoms with E-state index in [1.807, 2.05) is 31.3 Å². The fourth-order valence-electron chi connectivity index (χ4n) is 2.76. The first-order chi connectivity index (χ1) is 10.8. The van der Waals surface area contributed by atoms with Gasteiger partial charge in [-0.15, -0.1) is 0 Å². The van der Waals surface area contributed by atoms with E-state index in [0.717, 1.165) is 41.0 Å². The van der Waals surface area contributed by atoms with Gasteiger partial charge in [-0.05, 0) is 19.2 Å². The topological polar surface area (TPSA) is 75.5 Å². The molecule has 4 rings (SSSR count). The lowest BCUT2D eigenvalue weighted by Crippen LogP contribution is -2.57. The molecule has 0 saturated carbocycles. The summed E-state index contributed by atoms with van der Waals surface area (Å²) in [7, 11) is 3.51. The van der Waals surface area contributed by atoms with Crippen LogP contribution >= 0.6 is 0 Å². The van der Waals surface area contributed by atoms with Gasteiger partial charge in [-0.25, -0.2) is 10.5 Å². The molecule has 1 saturated heterocycles. The molecular weight excluding hydrogens is 282 g/mol. The van der Waals surface area contributed by atoms with Crippen LogP contribution in [0.5, 0.6) is 0 Å². The summed E-state index contributed by atoms with van der Waals surface area (Å²) < 4.78 is 5.99. The number of rotatable bonds is 4. The zero-order valence-electron chi connectivity index (χ0n) is 12.5. The summed E-state index contributed by atoms with van der Waals surface area (Å²) in [6.07, 6.45) is 0. The summed E-state index contributed by atoms with van der Waals surface area (Å²) in [5.74, 6) is 1.23. The average molecular weight is 299 g/mol. The van der Waals surface area contributed by atoms with Crippen molar-refractivity contribution in [2.75, 3.05) is 37.6 Å². The Bertz CT molecular complexity index is 825. The Morgan fingerprint density at radius 3 is 2.86 bits per heavy atom. The second-order valence-electron chi connectivity index (χ2n) is 5.34. The number of benzene rings is 1. The van der Waals surface area contributed by atoms with Gasteiger partial charge >= 0.3 is 0 Å². The fourth-order valence-corrected chi connectivity index (χ4v) is 2.76. The molecule has 0 radical (unpaired) electrons. The molecule has 0 unspecified atom stereocenters. The Labute approximate surface area is 127 Å². The van der Waals surface area contributed by atoms with Crippen LogP contribution < -0.4 is 15.7 Å². The molecule has 0 atom stereocenters. The van der Waals surface area contributed by atoms with Gasteiger partial charge in [0.05, 0.1) is 7.11 Å². The zero-order chi connectivity index (χ0) is 15.1. The van der Waals surface area contributed by atoms with Crippen LogP contribution in [0.3, 0.4) is 0 Å². The Morgan fingerprint density at radius 2 is 2.09 bits per heavy atom. The van der Waals surface area contributed by atoms with Crippen LogP contribution in [0, 0.1) is 0 Å². The maximum atomic E-state index is 5.99. The number of fused-ring (bicyclic) bond motifs is 3. The number of para-hydroxylation sites is 1. The number of nitrogens with one attached hydrogen (secondary N) is 2. The van der Waals surface area contributed by atoms with Crippen molar-refractivity contribution in [2.24, 2.45) is 0 Å². The van der Waals surface area contributed by atoms with Gasteiger partial charge in [0.15, 0.2) is 11.4 Å². The summed E-state index contributed by atoms with van der Waals surface area (Å²) in [5, 5.41) is 4.24. The highest BCUT2D eigenvalue weighted by molar-refractivity contribution is 6.06. The van der Waals surface area contributed by atoms with E-state index in [4.69, 9.17) is 9.25 Å². The molecule has 1 aromatic carbocycles. The van der Waals surface area contributed by atoms with Crippen LogP contribution in [-0.4, -0.2) is 43.3 Å². The highest BCUT2D eigenvalue weighted by Crippen LogP contribution is 2.35. The van der Waals surface area contributed by atoms with Gasteiger partial charge in [-0.3, -0.25) is 4.84 Å². The Balaban J connectivity index is 1.89. The molecule has 114 valence electrons. The largest absolute Gasteiger partial charge is 0.450 e. The van der Waals surface area contributed by atoms with E-state index in [9.17, 15) is 0 Å². The Kier molecular flexibility index (Phi) is 3.09. The van der Waals surface area contributed by atoms with E-state index < -0.39 is 0 Å². The second-order valence-corrected chi connectivity index (χ2v) is 5.34. The molecule has 1 fully saturated rings. The van der Waals surface area contributed by atoms with E-state index in [-0.39, 0.29) is 0 Å². The predicted molar refractivity (Wildman–Crippen MR) is 85.0 cm³/mol. The molecule has 22 heavy (non-hydrogen) atoms. The van der Waals surface area contributed by atoms with Crippen molar-refractivity contribution in [2.45, 2.75) is 6.04 Å². The lowest BCUT2D eigenvalue weighted by Gasteiger charge is -2.39. The maximum Gasteiger partial charge on any atom is 0.249 e. The summed E-state index contributed by atoms with van der Waals surface area (Å²) >= 11 is 0. The minimum Gasteiger partial charge on any atom is -0.450 e. The standard InChI is InChI=1S/C15H17N5O2/c1-16-9-7-20(8-9)14-13-12(17-15(18-14)19-21-2)10-5-3-4-6-11(10)22-13/h3-6,9,16H,7-8H2,1-2H3,(H,17,18,19).